The van der Waals surface area contributed by atoms with Crippen LogP contribution in [0.1, 0.15) is 21.9 Å². The molecule has 2 aromatic heterocycles. The van der Waals surface area contributed by atoms with E-state index in [9.17, 15) is 4.79 Å². The van der Waals surface area contributed by atoms with E-state index in [0.29, 0.717) is 28.3 Å². The van der Waals surface area contributed by atoms with Gasteiger partial charge in [0.1, 0.15) is 5.75 Å². The quantitative estimate of drug-likeness (QED) is 0.577. The second-order valence-electron chi connectivity index (χ2n) is 6.28. The molecule has 0 saturated heterocycles. The van der Waals surface area contributed by atoms with Crippen molar-refractivity contribution in [1.29, 1.82) is 0 Å². The zero-order chi connectivity index (χ0) is 19.7. The molecule has 2 heterocycles. The Kier molecular flexibility index (Phi) is 4.49. The maximum Gasteiger partial charge on any atom is 0.278 e. The van der Waals surface area contributed by atoms with Crippen molar-refractivity contribution in [3.63, 3.8) is 0 Å². The minimum Gasteiger partial charge on any atom is -0.496 e. The van der Waals surface area contributed by atoms with Crippen LogP contribution in [0, 0.1) is 13.8 Å². The summed E-state index contributed by atoms with van der Waals surface area (Å²) in [6, 6.07) is 12.7. The number of methoxy groups -OCH3 is 1. The number of fused-ring (bicyclic) bond motifs is 1. The second-order valence-corrected chi connectivity index (χ2v) is 6.28. The van der Waals surface area contributed by atoms with Crippen molar-refractivity contribution in [3.8, 4) is 17.1 Å². The van der Waals surface area contributed by atoms with Gasteiger partial charge in [0.15, 0.2) is 17.8 Å². The van der Waals surface area contributed by atoms with E-state index >= 15 is 0 Å². The highest BCUT2D eigenvalue weighted by Crippen LogP contribution is 2.32. The molecule has 0 spiro atoms. The molecule has 140 valence electrons. The van der Waals surface area contributed by atoms with E-state index in [0.717, 1.165) is 16.9 Å². The molecule has 0 atom stereocenters. The summed E-state index contributed by atoms with van der Waals surface area (Å²) in [7, 11) is 1.56. The molecule has 28 heavy (non-hydrogen) atoms. The summed E-state index contributed by atoms with van der Waals surface area (Å²) in [5, 5.41) is 2.85. The largest absolute Gasteiger partial charge is 0.496 e. The van der Waals surface area contributed by atoms with Gasteiger partial charge in [-0.3, -0.25) is 4.79 Å². The minimum absolute atomic E-state index is 0.177. The summed E-state index contributed by atoms with van der Waals surface area (Å²) in [5.41, 5.74) is 4.66. The number of amides is 1. The number of anilines is 1. The number of nitrogens with one attached hydrogen (secondary N) is 1. The Morgan fingerprint density at radius 2 is 1.79 bits per heavy atom. The molecule has 0 unspecified atom stereocenters. The van der Waals surface area contributed by atoms with Gasteiger partial charge in [0.05, 0.1) is 35.1 Å². The number of carbonyl (C=O) groups excluding carboxylic acids is 1. The molecule has 0 aliphatic carbocycles. The van der Waals surface area contributed by atoms with Crippen LogP contribution in [-0.4, -0.2) is 28.0 Å². The first-order valence-corrected chi connectivity index (χ1v) is 8.70. The van der Waals surface area contributed by atoms with Gasteiger partial charge < -0.3 is 14.5 Å². The van der Waals surface area contributed by atoms with Crippen LogP contribution in [0.25, 0.3) is 22.4 Å². The van der Waals surface area contributed by atoms with Gasteiger partial charge in [-0.1, -0.05) is 12.1 Å². The number of para-hydroxylation sites is 1. The van der Waals surface area contributed by atoms with E-state index in [4.69, 9.17) is 9.15 Å². The van der Waals surface area contributed by atoms with E-state index in [1.165, 1.54) is 6.39 Å². The Morgan fingerprint density at radius 3 is 2.57 bits per heavy atom. The normalized spacial score (nSPS) is 10.8. The molecule has 0 radical (unpaired) electrons. The van der Waals surface area contributed by atoms with E-state index in [1.807, 2.05) is 38.1 Å². The fraction of sp³-hybridized carbons (Fsp3) is 0.143. The van der Waals surface area contributed by atoms with Gasteiger partial charge in [0.25, 0.3) is 5.91 Å². The first-order chi connectivity index (χ1) is 13.6. The lowest BCUT2D eigenvalue weighted by molar-refractivity contribution is 0.102. The molecule has 4 aromatic rings. The SMILES string of the molecule is COc1ccccc1-c1ocnc1C(=O)Nc1ccc2nc(C)c(C)nc2c1. The zero-order valence-corrected chi connectivity index (χ0v) is 15.7. The third-order valence-corrected chi connectivity index (χ3v) is 4.47. The summed E-state index contributed by atoms with van der Waals surface area (Å²) >= 11 is 0. The number of benzene rings is 2. The Labute approximate surface area is 161 Å². The van der Waals surface area contributed by atoms with E-state index in [-0.39, 0.29) is 11.6 Å². The highest BCUT2D eigenvalue weighted by molar-refractivity contribution is 6.07. The molecule has 2 aromatic carbocycles. The molecule has 4 rings (SSSR count). The summed E-state index contributed by atoms with van der Waals surface area (Å²) < 4.78 is 10.8. The van der Waals surface area contributed by atoms with Crippen molar-refractivity contribution >= 4 is 22.6 Å². The number of oxazole rings is 1. The molecule has 0 fully saturated rings. The lowest BCUT2D eigenvalue weighted by atomic mass is 10.1. The molecule has 0 aliphatic heterocycles. The molecular weight excluding hydrogens is 356 g/mol. The van der Waals surface area contributed by atoms with Gasteiger partial charge in [-0.25, -0.2) is 15.0 Å². The van der Waals surface area contributed by atoms with E-state index in [1.54, 1.807) is 25.3 Å². The number of rotatable bonds is 4. The fourth-order valence-electron chi connectivity index (χ4n) is 2.93. The van der Waals surface area contributed by atoms with Gasteiger partial charge in [-0.15, -0.1) is 0 Å². The highest BCUT2D eigenvalue weighted by Gasteiger charge is 2.21. The van der Waals surface area contributed by atoms with Gasteiger partial charge >= 0.3 is 0 Å². The van der Waals surface area contributed by atoms with Crippen molar-refractivity contribution in [2.24, 2.45) is 0 Å². The van der Waals surface area contributed by atoms with Crippen molar-refractivity contribution in [1.82, 2.24) is 15.0 Å². The Morgan fingerprint density at radius 1 is 1.04 bits per heavy atom. The maximum absolute atomic E-state index is 12.8. The summed E-state index contributed by atoms with van der Waals surface area (Å²) in [6.07, 6.45) is 1.24. The molecule has 7 heteroatoms. The molecular formula is C21H18N4O3. The van der Waals surface area contributed by atoms with Crippen LogP contribution in [0.4, 0.5) is 5.69 Å². The predicted molar refractivity (Wildman–Crippen MR) is 105 cm³/mol. The molecule has 1 N–H and O–H groups in total. The van der Waals surface area contributed by atoms with Crippen LogP contribution in [0.15, 0.2) is 53.3 Å². The van der Waals surface area contributed by atoms with Crippen LogP contribution in [0.5, 0.6) is 5.75 Å². The average Bonchev–Trinajstić information content (AvgIpc) is 3.19. The Hall–Kier alpha value is -3.74. The number of hydrogen-bond acceptors (Lipinski definition) is 6. The number of aryl methyl sites for hydroxylation is 2. The summed E-state index contributed by atoms with van der Waals surface area (Å²) in [4.78, 5) is 25.9. The topological polar surface area (TPSA) is 90.1 Å². The minimum atomic E-state index is -0.384. The van der Waals surface area contributed by atoms with Gasteiger partial charge in [-0.2, -0.15) is 0 Å². The smallest absolute Gasteiger partial charge is 0.278 e. The van der Waals surface area contributed by atoms with Crippen molar-refractivity contribution < 1.29 is 13.9 Å². The third kappa shape index (κ3) is 3.18. The standard InChI is InChI=1S/C21H18N4O3/c1-12-13(2)24-17-10-14(8-9-16(17)23-12)25-21(26)19-20(28-11-22-19)15-6-4-5-7-18(15)27-3/h4-11H,1-3H3,(H,25,26). The Balaban J connectivity index is 1.66. The van der Waals surface area contributed by atoms with E-state index in [2.05, 4.69) is 20.3 Å². The Bertz CT molecular complexity index is 1180. The first-order valence-electron chi connectivity index (χ1n) is 8.70. The van der Waals surface area contributed by atoms with Gasteiger partial charge in [0, 0.05) is 5.69 Å². The molecule has 0 bridgehead atoms. The summed E-state index contributed by atoms with van der Waals surface area (Å²) in [5.74, 6) is 0.563. The van der Waals surface area contributed by atoms with E-state index < -0.39 is 0 Å². The number of hydrogen-bond donors (Lipinski definition) is 1. The molecule has 0 aliphatic rings. The molecule has 0 saturated carbocycles. The van der Waals surface area contributed by atoms with Crippen molar-refractivity contribution in [3.05, 3.63) is 65.9 Å². The van der Waals surface area contributed by atoms with Gasteiger partial charge in [0.2, 0.25) is 0 Å². The monoisotopic (exact) mass is 374 g/mol. The average molecular weight is 374 g/mol. The van der Waals surface area contributed by atoms with Crippen LogP contribution in [-0.2, 0) is 0 Å². The lowest BCUT2D eigenvalue weighted by Gasteiger charge is -2.08. The van der Waals surface area contributed by atoms with Gasteiger partial charge in [-0.05, 0) is 44.2 Å². The zero-order valence-electron chi connectivity index (χ0n) is 15.7. The lowest BCUT2D eigenvalue weighted by Crippen LogP contribution is -2.13. The summed E-state index contributed by atoms with van der Waals surface area (Å²) in [6.45, 7) is 3.82. The number of ether oxygens (including phenoxy) is 1. The van der Waals surface area contributed by atoms with Crippen LogP contribution >= 0.6 is 0 Å². The fourth-order valence-corrected chi connectivity index (χ4v) is 2.93. The van der Waals surface area contributed by atoms with Crippen molar-refractivity contribution in [2.45, 2.75) is 13.8 Å². The highest BCUT2D eigenvalue weighted by atomic mass is 16.5. The van der Waals surface area contributed by atoms with Crippen LogP contribution in [0.3, 0.4) is 0 Å². The van der Waals surface area contributed by atoms with Crippen molar-refractivity contribution in [2.75, 3.05) is 12.4 Å². The second kappa shape index (κ2) is 7.11. The van der Waals surface area contributed by atoms with Crippen LogP contribution < -0.4 is 10.1 Å². The maximum atomic E-state index is 12.8. The number of aromatic nitrogens is 3. The molecule has 1 amide bonds. The van der Waals surface area contributed by atoms with Crippen LogP contribution in [0.2, 0.25) is 0 Å². The number of nitrogens with zero attached hydrogens (tertiary/aromatic N) is 3. The third-order valence-electron chi connectivity index (χ3n) is 4.47. The molecule has 7 nitrogen and oxygen atoms in total. The first kappa shape index (κ1) is 17.7. The predicted octanol–water partition coefficient (Wildman–Crippen LogP) is 4.16. The number of carbonyl (C=O) groups is 1.